The Balaban J connectivity index is 0.862. The highest BCUT2D eigenvalue weighted by molar-refractivity contribution is 8.13. The van der Waals surface area contributed by atoms with Crippen molar-refractivity contribution in [1.82, 2.24) is 14.6 Å². The van der Waals surface area contributed by atoms with Gasteiger partial charge in [0.05, 0.1) is 39.5 Å². The number of nitrogens with zero attached hydrogens (tertiary/aromatic N) is 2. The number of rotatable bonds is 25. The van der Waals surface area contributed by atoms with E-state index in [2.05, 4.69) is 15.4 Å². The summed E-state index contributed by atoms with van der Waals surface area (Å²) in [5.74, 6) is 0.701. The monoisotopic (exact) mass is 1170 g/mol. The van der Waals surface area contributed by atoms with Crippen molar-refractivity contribution < 1.29 is 46.8 Å². The molecule has 2 N–H and O–H groups in total. The Morgan fingerprint density at radius 3 is 1.65 bits per heavy atom. The predicted octanol–water partition coefficient (Wildman–Crippen LogP) is 12.7. The van der Waals surface area contributed by atoms with Crippen LogP contribution in [0.3, 0.4) is 0 Å². The van der Waals surface area contributed by atoms with Gasteiger partial charge < -0.3 is 33.7 Å². The van der Waals surface area contributed by atoms with Gasteiger partial charge >= 0.3 is 13.4 Å². The Bertz CT molecular complexity index is 3420. The number of thioether (sulfide) groups is 1. The van der Waals surface area contributed by atoms with E-state index in [1.165, 1.54) is 4.57 Å². The maximum absolute atomic E-state index is 14.9. The van der Waals surface area contributed by atoms with Crippen LogP contribution in [0, 0.1) is 5.41 Å². The van der Waals surface area contributed by atoms with E-state index in [0.29, 0.717) is 11.5 Å². The number of carbonyl (C=O) groups is 1. The topological polar surface area (TPSA) is 167 Å². The van der Waals surface area contributed by atoms with Gasteiger partial charge in [0.2, 0.25) is 0 Å². The van der Waals surface area contributed by atoms with Crippen molar-refractivity contribution >= 4 is 30.4 Å². The summed E-state index contributed by atoms with van der Waals surface area (Å²) >= 11 is 1.07. The SMILES string of the molecule is COc1ccc(C(Nc2ccn([C@@H]3O[C@H](COP(=O)(NCc4ccccc4)OCCSC(=O)C(C)(C)COC(c4ccccc4)(c4ccccc4)c4ccccc4)[C@@H]4OC(C)(C)OC43C)c(=O)n2)(c2ccccc2)c2ccc(OC)cc2)cc1. The second kappa shape index (κ2) is 25.6. The largest absolute Gasteiger partial charge is 0.497 e. The lowest BCUT2D eigenvalue weighted by Crippen LogP contribution is -2.45. The number of nitrogens with one attached hydrogen (secondary N) is 2. The summed E-state index contributed by atoms with van der Waals surface area (Å²) in [6.45, 7) is 8.95. The number of carbonyl (C=O) groups excluding carboxylic acids is 1. The first-order valence-corrected chi connectivity index (χ1v) is 30.4. The van der Waals surface area contributed by atoms with Gasteiger partial charge in [-0.3, -0.25) is 18.4 Å². The molecule has 0 bridgehead atoms. The molecule has 0 saturated carbocycles. The molecule has 3 heterocycles. The molecular formula is C67H71N4O11PS. The van der Waals surface area contributed by atoms with Gasteiger partial charge in [-0.15, -0.1) is 0 Å². The minimum Gasteiger partial charge on any atom is -0.497 e. The lowest BCUT2D eigenvalue weighted by atomic mass is 9.77. The van der Waals surface area contributed by atoms with Crippen LogP contribution in [0.25, 0.3) is 0 Å². The van der Waals surface area contributed by atoms with E-state index in [0.717, 1.165) is 50.7 Å². The summed E-state index contributed by atoms with van der Waals surface area (Å²) in [4.78, 5) is 33.5. The van der Waals surface area contributed by atoms with Gasteiger partial charge in [-0.05, 0) is 104 Å². The molecule has 8 aromatic rings. The van der Waals surface area contributed by atoms with Crippen LogP contribution >= 0.6 is 19.5 Å². The molecule has 7 aromatic carbocycles. The predicted molar refractivity (Wildman–Crippen MR) is 326 cm³/mol. The molecule has 84 heavy (non-hydrogen) atoms. The number of aromatic nitrogens is 2. The van der Waals surface area contributed by atoms with E-state index in [-0.39, 0.29) is 43.1 Å². The molecule has 0 aliphatic carbocycles. The molecule has 10 rings (SSSR count). The normalized spacial score (nSPS) is 19.2. The van der Waals surface area contributed by atoms with Crippen molar-refractivity contribution in [2.24, 2.45) is 5.41 Å². The van der Waals surface area contributed by atoms with Crippen molar-refractivity contribution in [3.63, 3.8) is 0 Å². The van der Waals surface area contributed by atoms with E-state index in [1.807, 2.05) is 221 Å². The Kier molecular flexibility index (Phi) is 18.2. The van der Waals surface area contributed by atoms with E-state index < -0.39 is 59.8 Å². The molecule has 2 unspecified atom stereocenters. The van der Waals surface area contributed by atoms with Crippen LogP contribution in [-0.2, 0) is 55.0 Å². The molecule has 2 saturated heterocycles. The number of anilines is 1. The third-order valence-corrected chi connectivity index (χ3v) is 18.0. The summed E-state index contributed by atoms with van der Waals surface area (Å²) in [7, 11) is -0.918. The van der Waals surface area contributed by atoms with Crippen molar-refractivity contribution in [1.29, 1.82) is 0 Å². The highest BCUT2D eigenvalue weighted by atomic mass is 32.2. The number of ether oxygens (including phenoxy) is 6. The van der Waals surface area contributed by atoms with Crippen molar-refractivity contribution in [3.05, 3.63) is 262 Å². The summed E-state index contributed by atoms with van der Waals surface area (Å²) < 4.78 is 66.8. The van der Waals surface area contributed by atoms with E-state index in [4.69, 9.17) is 37.5 Å². The fourth-order valence-corrected chi connectivity index (χ4v) is 13.4. The second-order valence-electron chi connectivity index (χ2n) is 22.0. The number of benzene rings is 7. The van der Waals surface area contributed by atoms with E-state index >= 15 is 0 Å². The number of methoxy groups -OCH3 is 2. The minimum absolute atomic E-state index is 0.0804. The summed E-state index contributed by atoms with van der Waals surface area (Å²) in [5, 5.41) is 6.57. The van der Waals surface area contributed by atoms with Crippen LogP contribution < -0.4 is 25.6 Å². The van der Waals surface area contributed by atoms with Gasteiger partial charge in [-0.2, -0.15) is 4.98 Å². The molecule has 1 aromatic heterocycles. The quantitative estimate of drug-likeness (QED) is 0.0315. The zero-order valence-corrected chi connectivity index (χ0v) is 49.9. The van der Waals surface area contributed by atoms with Crippen molar-refractivity contribution in [3.8, 4) is 11.5 Å². The number of hydrogen-bond acceptors (Lipinski definition) is 14. The summed E-state index contributed by atoms with van der Waals surface area (Å²) in [6, 6.07) is 66.7. The van der Waals surface area contributed by atoms with Crippen LogP contribution in [0.4, 0.5) is 5.82 Å². The van der Waals surface area contributed by atoms with Crippen molar-refractivity contribution in [2.75, 3.05) is 45.1 Å². The van der Waals surface area contributed by atoms with Gasteiger partial charge in [0.15, 0.2) is 17.1 Å². The molecule has 0 spiro atoms. The van der Waals surface area contributed by atoms with Crippen LogP contribution in [0.5, 0.6) is 11.5 Å². The maximum Gasteiger partial charge on any atom is 0.405 e. The van der Waals surface area contributed by atoms with Crippen molar-refractivity contribution in [2.45, 2.75) is 82.1 Å². The van der Waals surface area contributed by atoms with Gasteiger partial charge in [0, 0.05) is 18.5 Å². The first-order chi connectivity index (χ1) is 40.5. The van der Waals surface area contributed by atoms with Gasteiger partial charge in [-0.25, -0.2) is 14.4 Å². The lowest BCUT2D eigenvalue weighted by Gasteiger charge is -2.38. The molecule has 15 nitrogen and oxygen atoms in total. The molecule has 436 valence electrons. The van der Waals surface area contributed by atoms with Gasteiger partial charge in [0.25, 0.3) is 0 Å². The zero-order chi connectivity index (χ0) is 59.0. The lowest BCUT2D eigenvalue weighted by molar-refractivity contribution is -0.217. The Morgan fingerprint density at radius 1 is 0.667 bits per heavy atom. The number of fused-ring (bicyclic) bond motifs is 1. The highest BCUT2D eigenvalue weighted by Gasteiger charge is 2.64. The van der Waals surface area contributed by atoms with Gasteiger partial charge in [-0.1, -0.05) is 188 Å². The van der Waals surface area contributed by atoms with E-state index in [1.54, 1.807) is 40.3 Å². The summed E-state index contributed by atoms with van der Waals surface area (Å²) in [5.41, 5.74) is 1.29. The highest BCUT2D eigenvalue weighted by Crippen LogP contribution is 2.53. The van der Waals surface area contributed by atoms with Gasteiger partial charge in [0.1, 0.15) is 46.3 Å². The standard InChI is InChI=1S/C67H71N4O11PS/c1-63(2,47-77-67(52-27-17-10-18-28-52,53-29-19-11-20-30-53)54-31-21-12-22-32-54)61(72)84-44-43-78-83(74,68-45-48-23-13-8-14-24-48)79-46-57-59-65(5,82-64(3,4)81-59)60(80-57)71-42-41-58(69-62(71)73)70-66(49-25-15-9-16-26-49,50-33-37-55(75-6)38-34-50)51-35-39-56(76-7)40-36-51/h8-42,57,59-60H,43-47H2,1-7H3,(H,68,74)(H,69,70,73)/t57-,59+,60-,65?,83?/m1/s1. The molecule has 0 radical (unpaired) electrons. The third-order valence-electron chi connectivity index (χ3n) is 15.3. The fraction of sp³-hybridized carbons (Fsp3) is 0.299. The first-order valence-electron chi connectivity index (χ1n) is 27.9. The molecular weight excluding hydrogens is 1100 g/mol. The smallest absolute Gasteiger partial charge is 0.405 e. The zero-order valence-electron chi connectivity index (χ0n) is 48.2. The Hall–Kier alpha value is -7.21. The number of hydrogen-bond donors (Lipinski definition) is 2. The molecule has 2 aliphatic heterocycles. The molecule has 17 heteroatoms. The average molecular weight is 1170 g/mol. The fourth-order valence-electron chi connectivity index (χ4n) is 11.1. The van der Waals surface area contributed by atoms with Crippen LogP contribution in [-0.4, -0.2) is 78.1 Å². The van der Waals surface area contributed by atoms with Crippen LogP contribution in [0.2, 0.25) is 0 Å². The third kappa shape index (κ3) is 12.7. The molecule has 2 aliphatic rings. The first kappa shape index (κ1) is 59.9. The molecule has 2 fully saturated rings. The molecule has 0 amide bonds. The average Bonchev–Trinajstić information content (AvgIpc) is 1.88. The molecule has 5 atom stereocenters. The maximum atomic E-state index is 14.9. The Labute approximate surface area is 495 Å². The van der Waals surface area contributed by atoms with Crippen LogP contribution in [0.1, 0.15) is 79.8 Å². The van der Waals surface area contributed by atoms with E-state index in [9.17, 15) is 14.2 Å². The Morgan fingerprint density at radius 2 is 1.15 bits per heavy atom. The minimum atomic E-state index is -4.16. The summed E-state index contributed by atoms with van der Waals surface area (Å²) in [6.07, 6.45) is -1.17. The second-order valence-corrected chi connectivity index (χ2v) is 24.9. The van der Waals surface area contributed by atoms with Crippen LogP contribution in [0.15, 0.2) is 217 Å².